The summed E-state index contributed by atoms with van der Waals surface area (Å²) in [5.41, 5.74) is -0.370. The summed E-state index contributed by atoms with van der Waals surface area (Å²) in [7, 11) is 1.67. The van der Waals surface area contributed by atoms with Gasteiger partial charge in [-0.25, -0.2) is 4.52 Å². The topological polar surface area (TPSA) is 58.9 Å². The van der Waals surface area contributed by atoms with Crippen LogP contribution in [0.1, 0.15) is 11.1 Å². The van der Waals surface area contributed by atoms with Gasteiger partial charge in [0.05, 0.1) is 29.0 Å². The molecule has 3 aromatic heterocycles. The summed E-state index contributed by atoms with van der Waals surface area (Å²) in [5.74, 6) is 0. The number of fused-ring (bicyclic) bond motifs is 1. The molecule has 0 radical (unpaired) electrons. The zero-order valence-corrected chi connectivity index (χ0v) is 10.8. The van der Waals surface area contributed by atoms with Crippen LogP contribution in [0.3, 0.4) is 0 Å². The van der Waals surface area contributed by atoms with Gasteiger partial charge in [0, 0.05) is 30.6 Å². The number of nitrogens with zero attached hydrogens (tertiary/aromatic N) is 5. The van der Waals surface area contributed by atoms with E-state index in [9.17, 15) is 13.2 Å². The number of aromatic nitrogens is 4. The lowest BCUT2D eigenvalue weighted by Gasteiger charge is -2.11. The monoisotopic (exact) mass is 291 g/mol. The third kappa shape index (κ3) is 2.12. The first kappa shape index (κ1) is 13.2. The van der Waals surface area contributed by atoms with Crippen LogP contribution in [0.2, 0.25) is 0 Å². The molecule has 0 saturated carbocycles. The molecule has 3 rings (SSSR count). The van der Waals surface area contributed by atoms with Gasteiger partial charge in [0.2, 0.25) is 0 Å². The van der Waals surface area contributed by atoms with Crippen molar-refractivity contribution in [2.24, 2.45) is 7.05 Å². The van der Waals surface area contributed by atoms with Crippen molar-refractivity contribution in [1.29, 1.82) is 5.26 Å². The largest absolute Gasteiger partial charge is 0.418 e. The van der Waals surface area contributed by atoms with Gasteiger partial charge in [-0.05, 0) is 6.07 Å². The molecule has 0 fully saturated rings. The molecule has 0 amide bonds. The lowest BCUT2D eigenvalue weighted by molar-refractivity contribution is -0.136. The second-order valence-corrected chi connectivity index (χ2v) is 4.51. The molecule has 106 valence electrons. The van der Waals surface area contributed by atoms with Crippen LogP contribution in [-0.2, 0) is 13.2 Å². The number of rotatable bonds is 1. The van der Waals surface area contributed by atoms with Gasteiger partial charge in [-0.15, -0.1) is 0 Å². The van der Waals surface area contributed by atoms with Gasteiger partial charge >= 0.3 is 6.18 Å². The molecule has 21 heavy (non-hydrogen) atoms. The summed E-state index contributed by atoms with van der Waals surface area (Å²) in [6.45, 7) is 0. The Morgan fingerprint density at radius 1 is 1.14 bits per heavy atom. The van der Waals surface area contributed by atoms with E-state index in [0.717, 1.165) is 16.8 Å². The Balaban J connectivity index is 2.34. The van der Waals surface area contributed by atoms with Crippen molar-refractivity contribution in [2.75, 3.05) is 0 Å². The summed E-state index contributed by atoms with van der Waals surface area (Å²) in [6, 6.07) is 2.73. The molecule has 0 aromatic carbocycles. The van der Waals surface area contributed by atoms with Crippen molar-refractivity contribution in [3.05, 3.63) is 42.0 Å². The van der Waals surface area contributed by atoms with E-state index in [-0.39, 0.29) is 11.1 Å². The van der Waals surface area contributed by atoms with E-state index in [1.165, 1.54) is 17.1 Å². The second-order valence-electron chi connectivity index (χ2n) is 4.51. The van der Waals surface area contributed by atoms with Crippen LogP contribution in [0.4, 0.5) is 13.2 Å². The molecule has 0 N–H and O–H groups in total. The zero-order valence-electron chi connectivity index (χ0n) is 10.8. The summed E-state index contributed by atoms with van der Waals surface area (Å²) < 4.78 is 42.3. The summed E-state index contributed by atoms with van der Waals surface area (Å²) >= 11 is 0. The first-order valence-electron chi connectivity index (χ1n) is 5.88. The second kappa shape index (κ2) is 4.34. The van der Waals surface area contributed by atoms with Crippen molar-refractivity contribution in [2.45, 2.75) is 6.18 Å². The number of hydrogen-bond acceptors (Lipinski definition) is 3. The summed E-state index contributed by atoms with van der Waals surface area (Å²) in [4.78, 5) is 0. The average molecular weight is 291 g/mol. The smallest absolute Gasteiger partial charge is 0.275 e. The van der Waals surface area contributed by atoms with Crippen molar-refractivity contribution in [1.82, 2.24) is 19.4 Å². The number of nitriles is 1. The predicted molar refractivity (Wildman–Crippen MR) is 67.1 cm³/mol. The van der Waals surface area contributed by atoms with Crippen LogP contribution in [0, 0.1) is 11.3 Å². The number of aryl methyl sites for hydroxylation is 1. The number of hydrogen-bond donors (Lipinski definition) is 0. The van der Waals surface area contributed by atoms with Crippen molar-refractivity contribution in [3.8, 4) is 17.2 Å². The molecule has 0 aliphatic carbocycles. The first-order valence-corrected chi connectivity index (χ1v) is 5.88. The van der Waals surface area contributed by atoms with E-state index in [1.807, 2.05) is 0 Å². The van der Waals surface area contributed by atoms with Gasteiger partial charge in [-0.1, -0.05) is 0 Å². The highest BCUT2D eigenvalue weighted by Gasteiger charge is 2.35. The fourth-order valence-electron chi connectivity index (χ4n) is 2.15. The Bertz CT molecular complexity index is 866. The molecule has 8 heteroatoms. The molecule has 0 aliphatic heterocycles. The van der Waals surface area contributed by atoms with Gasteiger partial charge in [0.1, 0.15) is 6.07 Å². The van der Waals surface area contributed by atoms with Gasteiger partial charge < -0.3 is 0 Å². The van der Waals surface area contributed by atoms with Crippen LogP contribution < -0.4 is 0 Å². The van der Waals surface area contributed by atoms with E-state index in [0.29, 0.717) is 11.1 Å². The molecular weight excluding hydrogens is 283 g/mol. The average Bonchev–Trinajstić information content (AvgIpc) is 3.02. The normalized spacial score (nSPS) is 11.8. The predicted octanol–water partition coefficient (Wildman–Crippen LogP) is 2.63. The van der Waals surface area contributed by atoms with Crippen LogP contribution in [0.15, 0.2) is 30.9 Å². The molecule has 0 saturated heterocycles. The fraction of sp³-hybridized carbons (Fsp3) is 0.154. The Morgan fingerprint density at radius 3 is 2.48 bits per heavy atom. The summed E-state index contributed by atoms with van der Waals surface area (Å²) in [5, 5.41) is 16.7. The number of halogens is 3. The Kier molecular flexibility index (Phi) is 2.73. The van der Waals surface area contributed by atoms with E-state index >= 15 is 0 Å². The first-order chi connectivity index (χ1) is 9.90. The van der Waals surface area contributed by atoms with E-state index < -0.39 is 11.7 Å². The highest BCUT2D eigenvalue weighted by molar-refractivity contribution is 5.72. The minimum Gasteiger partial charge on any atom is -0.275 e. The highest BCUT2D eigenvalue weighted by Crippen LogP contribution is 2.36. The lowest BCUT2D eigenvalue weighted by atomic mass is 10.1. The van der Waals surface area contributed by atoms with Crippen LogP contribution in [-0.4, -0.2) is 19.4 Å². The summed E-state index contributed by atoms with van der Waals surface area (Å²) in [6.07, 6.45) is 1.07. The minimum atomic E-state index is -4.58. The Hall–Kier alpha value is -2.82. The molecule has 0 bridgehead atoms. The highest BCUT2D eigenvalue weighted by atomic mass is 19.4. The maximum absolute atomic E-state index is 13.2. The van der Waals surface area contributed by atoms with Gasteiger partial charge in [0.15, 0.2) is 0 Å². The maximum atomic E-state index is 13.2. The minimum absolute atomic E-state index is 0.111. The molecular formula is C13H8F3N5. The van der Waals surface area contributed by atoms with Crippen LogP contribution in [0.25, 0.3) is 16.6 Å². The zero-order chi connectivity index (χ0) is 15.2. The molecule has 0 atom stereocenters. The van der Waals surface area contributed by atoms with Gasteiger partial charge in [0.25, 0.3) is 0 Å². The van der Waals surface area contributed by atoms with E-state index in [2.05, 4.69) is 10.2 Å². The molecule has 3 heterocycles. The maximum Gasteiger partial charge on any atom is 0.418 e. The Labute approximate surface area is 116 Å². The van der Waals surface area contributed by atoms with Crippen molar-refractivity contribution in [3.63, 3.8) is 0 Å². The Morgan fingerprint density at radius 2 is 1.90 bits per heavy atom. The third-order valence-electron chi connectivity index (χ3n) is 3.08. The number of alkyl halides is 3. The van der Waals surface area contributed by atoms with Crippen molar-refractivity contribution >= 4 is 5.52 Å². The van der Waals surface area contributed by atoms with E-state index in [4.69, 9.17) is 5.26 Å². The molecule has 0 aliphatic rings. The molecule has 3 aromatic rings. The lowest BCUT2D eigenvalue weighted by Crippen LogP contribution is -2.08. The number of pyridine rings is 1. The van der Waals surface area contributed by atoms with E-state index in [1.54, 1.807) is 19.3 Å². The fourth-order valence-corrected chi connectivity index (χ4v) is 2.15. The standard InChI is InChI=1S/C13H8F3N5/c1-20-6-10(5-18-20)8-2-11(13(14,15)16)12-9(3-17)4-19-21(12)7-8/h2,4-7H,1H3. The van der Waals surface area contributed by atoms with Gasteiger partial charge in [-0.3, -0.25) is 4.68 Å². The SMILES string of the molecule is Cn1cc(-c2cc(C(F)(F)F)c3c(C#N)cnn3c2)cn1. The van der Waals surface area contributed by atoms with Gasteiger partial charge in [-0.2, -0.15) is 28.6 Å². The molecule has 0 unspecified atom stereocenters. The quantitative estimate of drug-likeness (QED) is 0.692. The van der Waals surface area contributed by atoms with Crippen molar-refractivity contribution < 1.29 is 13.2 Å². The molecule has 0 spiro atoms. The third-order valence-corrected chi connectivity index (χ3v) is 3.08. The molecule has 5 nitrogen and oxygen atoms in total. The van der Waals surface area contributed by atoms with Crippen LogP contribution >= 0.6 is 0 Å². The van der Waals surface area contributed by atoms with Crippen LogP contribution in [0.5, 0.6) is 0 Å².